The van der Waals surface area contributed by atoms with Crippen LogP contribution in [0, 0.1) is 24.2 Å². The van der Waals surface area contributed by atoms with Crippen LogP contribution >= 0.6 is 0 Å². The number of hydrogen-bond donors (Lipinski definition) is 2. The summed E-state index contributed by atoms with van der Waals surface area (Å²) in [6.45, 7) is 8.13. The van der Waals surface area contributed by atoms with Gasteiger partial charge in [-0.2, -0.15) is 0 Å². The molecule has 0 aliphatic rings. The van der Waals surface area contributed by atoms with Crippen molar-refractivity contribution in [3.05, 3.63) is 29.3 Å². The molecule has 5 heteroatoms. The topological polar surface area (TPSA) is 66.4 Å². The number of nitrogens with one attached hydrogen (secondary N) is 1. The summed E-state index contributed by atoms with van der Waals surface area (Å²) in [6.07, 6.45) is 0.746. The van der Waals surface area contributed by atoms with Gasteiger partial charge in [-0.1, -0.05) is 38.7 Å². The van der Waals surface area contributed by atoms with Gasteiger partial charge in [-0.05, 0) is 36.5 Å². The van der Waals surface area contributed by atoms with Gasteiger partial charge >= 0.3 is 0 Å². The molecule has 2 N–H and O–H groups in total. The van der Waals surface area contributed by atoms with E-state index in [1.165, 1.54) is 0 Å². The van der Waals surface area contributed by atoms with Crippen LogP contribution in [-0.2, 0) is 10.0 Å². The maximum atomic E-state index is 12.4. The van der Waals surface area contributed by atoms with Gasteiger partial charge in [0.05, 0.1) is 4.90 Å². The van der Waals surface area contributed by atoms with E-state index in [4.69, 9.17) is 5.11 Å². The Bertz CT molecular complexity index is 646. The average Bonchev–Trinajstić information content (AvgIpc) is 2.34. The SMILES string of the molecule is Cc1ccc(S(=O)(=O)NCCC(C)(C)C)c(C#CCO)c1. The maximum absolute atomic E-state index is 12.4. The second kappa shape index (κ2) is 7.08. The van der Waals surface area contributed by atoms with Crippen LogP contribution < -0.4 is 4.72 Å². The number of aryl methyl sites for hydroxylation is 1. The summed E-state index contributed by atoms with van der Waals surface area (Å²) in [6, 6.07) is 5.00. The Hall–Kier alpha value is -1.35. The summed E-state index contributed by atoms with van der Waals surface area (Å²) < 4.78 is 27.4. The second-order valence-electron chi connectivity index (χ2n) is 6.17. The molecule has 1 rings (SSSR count). The van der Waals surface area contributed by atoms with Gasteiger partial charge in [0.1, 0.15) is 6.61 Å². The summed E-state index contributed by atoms with van der Waals surface area (Å²) in [5, 5.41) is 8.78. The van der Waals surface area contributed by atoms with E-state index in [1.807, 2.05) is 6.92 Å². The van der Waals surface area contributed by atoms with Crippen molar-refractivity contribution in [1.82, 2.24) is 4.72 Å². The van der Waals surface area contributed by atoms with E-state index < -0.39 is 10.0 Å². The first-order chi connectivity index (χ1) is 9.65. The van der Waals surface area contributed by atoms with Crippen LogP contribution in [0.2, 0.25) is 0 Å². The van der Waals surface area contributed by atoms with E-state index in [0.29, 0.717) is 12.1 Å². The van der Waals surface area contributed by atoms with Crippen LogP contribution in [0.3, 0.4) is 0 Å². The first-order valence-electron chi connectivity index (χ1n) is 6.86. The molecule has 0 aliphatic heterocycles. The summed E-state index contributed by atoms with van der Waals surface area (Å²) in [5.41, 5.74) is 1.40. The molecule has 0 fully saturated rings. The lowest BCUT2D eigenvalue weighted by Gasteiger charge is -2.18. The van der Waals surface area contributed by atoms with Crippen molar-refractivity contribution in [2.24, 2.45) is 5.41 Å². The third-order valence-corrected chi connectivity index (χ3v) is 4.41. The van der Waals surface area contributed by atoms with Crippen molar-refractivity contribution >= 4 is 10.0 Å². The van der Waals surface area contributed by atoms with E-state index in [0.717, 1.165) is 12.0 Å². The van der Waals surface area contributed by atoms with Crippen molar-refractivity contribution in [2.45, 2.75) is 39.0 Å². The lowest BCUT2D eigenvalue weighted by atomic mass is 9.93. The standard InChI is InChI=1S/C16H23NO3S/c1-13-7-8-15(14(12-13)6-5-11-18)21(19,20)17-10-9-16(2,3)4/h7-8,12,17-18H,9-11H2,1-4H3. The van der Waals surface area contributed by atoms with Crippen molar-refractivity contribution < 1.29 is 13.5 Å². The Morgan fingerprint density at radius 3 is 2.52 bits per heavy atom. The van der Waals surface area contributed by atoms with Gasteiger partial charge in [-0.15, -0.1) is 0 Å². The molecule has 0 aliphatic carbocycles. The molecular formula is C16H23NO3S. The van der Waals surface area contributed by atoms with E-state index >= 15 is 0 Å². The fourth-order valence-corrected chi connectivity index (χ4v) is 2.92. The Kier molecular flexibility index (Phi) is 5.97. The third kappa shape index (κ3) is 5.88. The van der Waals surface area contributed by atoms with Crippen LogP contribution in [0.15, 0.2) is 23.1 Å². The Morgan fingerprint density at radius 2 is 1.95 bits per heavy atom. The zero-order valence-corrected chi connectivity index (χ0v) is 13.8. The van der Waals surface area contributed by atoms with Crippen molar-refractivity contribution in [3.63, 3.8) is 0 Å². The Morgan fingerprint density at radius 1 is 1.29 bits per heavy atom. The van der Waals surface area contributed by atoms with Crippen molar-refractivity contribution in [2.75, 3.05) is 13.2 Å². The summed E-state index contributed by atoms with van der Waals surface area (Å²) in [7, 11) is -3.59. The fourth-order valence-electron chi connectivity index (χ4n) is 1.75. The first-order valence-corrected chi connectivity index (χ1v) is 8.34. The first kappa shape index (κ1) is 17.7. The highest BCUT2D eigenvalue weighted by molar-refractivity contribution is 7.89. The van der Waals surface area contributed by atoms with E-state index in [2.05, 4.69) is 37.3 Å². The largest absolute Gasteiger partial charge is 0.384 e. The maximum Gasteiger partial charge on any atom is 0.241 e. The molecule has 0 spiro atoms. The molecule has 0 heterocycles. The zero-order chi connectivity index (χ0) is 16.1. The molecule has 21 heavy (non-hydrogen) atoms. The van der Waals surface area contributed by atoms with Crippen molar-refractivity contribution in [3.8, 4) is 11.8 Å². The molecule has 116 valence electrons. The molecule has 0 unspecified atom stereocenters. The second-order valence-corrected chi connectivity index (χ2v) is 7.90. The highest BCUT2D eigenvalue weighted by Crippen LogP contribution is 2.19. The minimum Gasteiger partial charge on any atom is -0.384 e. The lowest BCUT2D eigenvalue weighted by Crippen LogP contribution is -2.28. The molecule has 0 radical (unpaired) electrons. The lowest BCUT2D eigenvalue weighted by molar-refractivity contribution is 0.350. The average molecular weight is 309 g/mol. The molecule has 0 atom stereocenters. The van der Waals surface area contributed by atoms with E-state index in [1.54, 1.807) is 18.2 Å². The molecule has 0 amide bonds. The van der Waals surface area contributed by atoms with E-state index in [-0.39, 0.29) is 16.9 Å². The number of benzene rings is 1. The van der Waals surface area contributed by atoms with Crippen LogP contribution in [0.1, 0.15) is 38.3 Å². The molecule has 0 aromatic heterocycles. The molecule has 4 nitrogen and oxygen atoms in total. The predicted octanol–water partition coefficient (Wildman–Crippen LogP) is 2.05. The van der Waals surface area contributed by atoms with Crippen LogP contribution in [0.4, 0.5) is 0 Å². The molecule has 0 saturated heterocycles. The van der Waals surface area contributed by atoms with Crippen LogP contribution in [-0.4, -0.2) is 26.7 Å². The van der Waals surface area contributed by atoms with Crippen LogP contribution in [0.5, 0.6) is 0 Å². The highest BCUT2D eigenvalue weighted by atomic mass is 32.2. The summed E-state index contributed by atoms with van der Waals surface area (Å²) >= 11 is 0. The zero-order valence-electron chi connectivity index (χ0n) is 13.0. The van der Waals surface area contributed by atoms with Gasteiger partial charge < -0.3 is 5.11 Å². The Balaban J connectivity index is 3.02. The smallest absolute Gasteiger partial charge is 0.241 e. The normalized spacial score (nSPS) is 11.9. The van der Waals surface area contributed by atoms with Gasteiger partial charge in [0.25, 0.3) is 0 Å². The fraction of sp³-hybridized carbons (Fsp3) is 0.500. The minimum absolute atomic E-state index is 0.0648. The number of aliphatic hydroxyl groups excluding tert-OH is 1. The monoisotopic (exact) mass is 309 g/mol. The molecule has 1 aromatic carbocycles. The van der Waals surface area contributed by atoms with Crippen LogP contribution in [0.25, 0.3) is 0 Å². The molecule has 0 saturated carbocycles. The minimum atomic E-state index is -3.59. The van der Waals surface area contributed by atoms with Gasteiger partial charge in [-0.25, -0.2) is 13.1 Å². The quantitative estimate of drug-likeness (QED) is 0.837. The van der Waals surface area contributed by atoms with Gasteiger partial charge in [0, 0.05) is 12.1 Å². The summed E-state index contributed by atoms with van der Waals surface area (Å²) in [5.74, 6) is 5.20. The number of sulfonamides is 1. The number of hydrogen-bond acceptors (Lipinski definition) is 3. The predicted molar refractivity (Wildman–Crippen MR) is 84.4 cm³/mol. The third-order valence-electron chi connectivity index (χ3n) is 2.89. The summed E-state index contributed by atoms with van der Waals surface area (Å²) in [4.78, 5) is 0.156. The molecule has 0 bridgehead atoms. The van der Waals surface area contributed by atoms with Crippen molar-refractivity contribution in [1.29, 1.82) is 0 Å². The Labute approximate surface area is 127 Å². The van der Waals surface area contributed by atoms with Gasteiger partial charge in [0.15, 0.2) is 0 Å². The van der Waals surface area contributed by atoms with E-state index in [9.17, 15) is 8.42 Å². The number of aliphatic hydroxyl groups is 1. The molecule has 1 aromatic rings. The highest BCUT2D eigenvalue weighted by Gasteiger charge is 2.19. The van der Waals surface area contributed by atoms with Gasteiger partial charge in [-0.3, -0.25) is 0 Å². The number of rotatable bonds is 4. The van der Waals surface area contributed by atoms with Gasteiger partial charge in [0.2, 0.25) is 10.0 Å². The molecular weight excluding hydrogens is 286 g/mol.